The molecule has 0 radical (unpaired) electrons. The Balaban J connectivity index is 1.44. The van der Waals surface area contributed by atoms with Crippen LogP contribution in [0.4, 0.5) is 5.82 Å². The molecule has 0 amide bonds. The fourth-order valence-corrected chi connectivity index (χ4v) is 4.34. The van der Waals surface area contributed by atoms with Crippen molar-refractivity contribution < 1.29 is 4.74 Å². The number of aryl methyl sites for hydroxylation is 1. The van der Waals surface area contributed by atoms with E-state index in [9.17, 15) is 0 Å². The molecule has 2 aliphatic rings. The molecule has 5 rings (SSSR count). The Morgan fingerprint density at radius 2 is 2.21 bits per heavy atom. The summed E-state index contributed by atoms with van der Waals surface area (Å²) < 4.78 is 8.24. The highest BCUT2D eigenvalue weighted by Crippen LogP contribution is 2.41. The maximum Gasteiger partial charge on any atom is 0.166 e. The summed E-state index contributed by atoms with van der Waals surface area (Å²) >= 11 is 0. The van der Waals surface area contributed by atoms with Crippen molar-refractivity contribution in [2.45, 2.75) is 37.8 Å². The van der Waals surface area contributed by atoms with Crippen molar-refractivity contribution in [2.24, 2.45) is 0 Å². The molecule has 0 bridgehead atoms. The number of rotatable bonds is 4. The summed E-state index contributed by atoms with van der Waals surface area (Å²) in [6, 6.07) is 8.03. The molecule has 5 heterocycles. The maximum atomic E-state index is 6.09. The van der Waals surface area contributed by atoms with Crippen LogP contribution in [0.15, 0.2) is 42.9 Å². The van der Waals surface area contributed by atoms with E-state index in [0.717, 1.165) is 36.5 Å². The standard InChI is InChI=1S/C21H24N6O/c1-14(15-3-2-6-23-11-15)28-18-9-16(12-25-20(18)22)17-10-19-21(4-7-24-13-21)5-8-27(19)26-17/h2-3,6,9-12,14,24H,4-5,7-8,13H2,1H3,(H2,22,25)/t14-,21?/m1/s1. The normalized spacial score (nSPS) is 21.8. The van der Waals surface area contributed by atoms with E-state index in [1.54, 1.807) is 18.6 Å². The average Bonchev–Trinajstić information content (AvgIpc) is 3.43. The number of nitrogens with one attached hydrogen (secondary N) is 1. The first kappa shape index (κ1) is 17.2. The molecule has 0 aliphatic carbocycles. The monoisotopic (exact) mass is 376 g/mol. The van der Waals surface area contributed by atoms with Gasteiger partial charge in [-0.25, -0.2) is 4.98 Å². The van der Waals surface area contributed by atoms with E-state index in [0.29, 0.717) is 11.6 Å². The topological polar surface area (TPSA) is 90.9 Å². The van der Waals surface area contributed by atoms with Crippen LogP contribution in [-0.4, -0.2) is 32.8 Å². The first-order chi connectivity index (χ1) is 13.6. The van der Waals surface area contributed by atoms with Crippen LogP contribution in [0.25, 0.3) is 11.3 Å². The lowest BCUT2D eigenvalue weighted by Crippen LogP contribution is -2.25. The molecule has 3 aromatic rings. The minimum Gasteiger partial charge on any atom is -0.482 e. The van der Waals surface area contributed by atoms with Crippen LogP contribution in [0.2, 0.25) is 0 Å². The Kier molecular flexibility index (Phi) is 4.05. The molecule has 7 nitrogen and oxygen atoms in total. The number of ether oxygens (including phenoxy) is 1. The van der Waals surface area contributed by atoms with Gasteiger partial charge in [0.05, 0.1) is 5.69 Å². The molecule has 1 spiro atoms. The summed E-state index contributed by atoms with van der Waals surface area (Å²) in [6.45, 7) is 5.06. The van der Waals surface area contributed by atoms with Crippen LogP contribution in [0.3, 0.4) is 0 Å². The Morgan fingerprint density at radius 1 is 1.29 bits per heavy atom. The largest absolute Gasteiger partial charge is 0.482 e. The van der Waals surface area contributed by atoms with E-state index in [1.165, 1.54) is 18.5 Å². The second-order valence-electron chi connectivity index (χ2n) is 7.75. The third-order valence-electron chi connectivity index (χ3n) is 6.00. The maximum absolute atomic E-state index is 6.09. The molecule has 1 unspecified atom stereocenters. The summed E-state index contributed by atoms with van der Waals surface area (Å²) in [4.78, 5) is 8.50. The highest BCUT2D eigenvalue weighted by atomic mass is 16.5. The summed E-state index contributed by atoms with van der Waals surface area (Å²) in [5, 5.41) is 8.33. The second kappa shape index (κ2) is 6.60. The number of hydrogen-bond donors (Lipinski definition) is 2. The van der Waals surface area contributed by atoms with Gasteiger partial charge in [-0.15, -0.1) is 0 Å². The van der Waals surface area contributed by atoms with Crippen LogP contribution < -0.4 is 15.8 Å². The molecule has 3 aromatic heterocycles. The number of pyridine rings is 2. The number of anilines is 1. The van der Waals surface area contributed by atoms with Crippen LogP contribution in [0.5, 0.6) is 5.75 Å². The van der Waals surface area contributed by atoms with E-state index in [2.05, 4.69) is 26.0 Å². The van der Waals surface area contributed by atoms with Gasteiger partial charge in [0.15, 0.2) is 11.6 Å². The summed E-state index contributed by atoms with van der Waals surface area (Å²) in [5.41, 5.74) is 10.5. The molecular weight excluding hydrogens is 352 g/mol. The third kappa shape index (κ3) is 2.82. The van der Waals surface area contributed by atoms with Crippen molar-refractivity contribution >= 4 is 5.82 Å². The Bertz CT molecular complexity index is 993. The fourth-order valence-electron chi connectivity index (χ4n) is 4.34. The highest BCUT2D eigenvalue weighted by molar-refractivity contribution is 5.64. The van der Waals surface area contributed by atoms with Crippen molar-refractivity contribution in [1.82, 2.24) is 25.1 Å². The minimum atomic E-state index is -0.173. The number of nitrogen functional groups attached to an aromatic ring is 1. The Hall–Kier alpha value is -2.93. The van der Waals surface area contributed by atoms with Gasteiger partial charge in [0.2, 0.25) is 0 Å². The van der Waals surface area contributed by atoms with Crippen molar-refractivity contribution in [3.63, 3.8) is 0 Å². The Labute approximate surface area is 164 Å². The van der Waals surface area contributed by atoms with Crippen LogP contribution in [0, 0.1) is 0 Å². The zero-order chi connectivity index (χ0) is 19.1. The van der Waals surface area contributed by atoms with Gasteiger partial charge >= 0.3 is 0 Å². The minimum absolute atomic E-state index is 0.173. The number of aromatic nitrogens is 4. The van der Waals surface area contributed by atoms with Gasteiger partial charge in [0.25, 0.3) is 0 Å². The van der Waals surface area contributed by atoms with E-state index in [-0.39, 0.29) is 11.5 Å². The predicted molar refractivity (Wildman–Crippen MR) is 107 cm³/mol. The molecule has 7 heteroatoms. The molecular formula is C21H24N6O. The van der Waals surface area contributed by atoms with Crippen molar-refractivity contribution in [1.29, 1.82) is 0 Å². The zero-order valence-corrected chi connectivity index (χ0v) is 15.9. The predicted octanol–water partition coefficient (Wildman–Crippen LogP) is 2.70. The lowest BCUT2D eigenvalue weighted by Gasteiger charge is -2.20. The SMILES string of the molecule is C[C@@H](Oc1cc(-c2cc3n(n2)CCC32CCNC2)cnc1N)c1cccnc1. The third-order valence-corrected chi connectivity index (χ3v) is 6.00. The zero-order valence-electron chi connectivity index (χ0n) is 15.9. The number of nitrogens with zero attached hydrogens (tertiary/aromatic N) is 4. The molecule has 0 aromatic carbocycles. The van der Waals surface area contributed by atoms with Crippen LogP contribution in [-0.2, 0) is 12.0 Å². The molecule has 1 fully saturated rings. The van der Waals surface area contributed by atoms with Crippen molar-refractivity contribution in [3.05, 3.63) is 54.1 Å². The molecule has 3 N–H and O–H groups in total. The lowest BCUT2D eigenvalue weighted by molar-refractivity contribution is 0.227. The van der Waals surface area contributed by atoms with E-state index >= 15 is 0 Å². The van der Waals surface area contributed by atoms with Crippen LogP contribution >= 0.6 is 0 Å². The molecule has 28 heavy (non-hydrogen) atoms. The average molecular weight is 376 g/mol. The van der Waals surface area contributed by atoms with Gasteiger partial charge in [0, 0.05) is 53.9 Å². The van der Waals surface area contributed by atoms with E-state index in [1.807, 2.05) is 25.1 Å². The number of nitrogens with two attached hydrogens (primary N) is 1. The van der Waals surface area contributed by atoms with Gasteiger partial charge in [-0.3, -0.25) is 9.67 Å². The van der Waals surface area contributed by atoms with Crippen molar-refractivity contribution in [2.75, 3.05) is 18.8 Å². The van der Waals surface area contributed by atoms with E-state index in [4.69, 9.17) is 15.6 Å². The number of hydrogen-bond acceptors (Lipinski definition) is 6. The molecule has 144 valence electrons. The quantitative estimate of drug-likeness (QED) is 0.728. The summed E-state index contributed by atoms with van der Waals surface area (Å²) in [6.07, 6.45) is 7.49. The lowest BCUT2D eigenvalue weighted by atomic mass is 9.82. The Morgan fingerprint density at radius 3 is 3.00 bits per heavy atom. The van der Waals surface area contributed by atoms with Crippen molar-refractivity contribution in [3.8, 4) is 17.0 Å². The van der Waals surface area contributed by atoms with Gasteiger partial charge in [-0.1, -0.05) is 6.07 Å². The van der Waals surface area contributed by atoms with Gasteiger partial charge in [0.1, 0.15) is 6.10 Å². The van der Waals surface area contributed by atoms with Gasteiger partial charge in [-0.05, 0) is 44.5 Å². The van der Waals surface area contributed by atoms with Gasteiger partial charge < -0.3 is 15.8 Å². The highest BCUT2D eigenvalue weighted by Gasteiger charge is 2.42. The smallest absolute Gasteiger partial charge is 0.166 e. The molecule has 0 saturated carbocycles. The second-order valence-corrected chi connectivity index (χ2v) is 7.75. The summed E-state index contributed by atoms with van der Waals surface area (Å²) in [5.74, 6) is 0.946. The van der Waals surface area contributed by atoms with Crippen LogP contribution in [0.1, 0.15) is 37.1 Å². The van der Waals surface area contributed by atoms with Gasteiger partial charge in [-0.2, -0.15) is 5.10 Å². The van der Waals surface area contributed by atoms with E-state index < -0.39 is 0 Å². The first-order valence-corrected chi connectivity index (χ1v) is 9.76. The first-order valence-electron chi connectivity index (χ1n) is 9.76. The molecule has 2 aliphatic heterocycles. The number of fused-ring (bicyclic) bond motifs is 2. The fraction of sp³-hybridized carbons (Fsp3) is 0.381. The molecule has 1 saturated heterocycles. The summed E-state index contributed by atoms with van der Waals surface area (Å²) in [7, 11) is 0. The molecule has 2 atom stereocenters.